The number of ketones is 1. The van der Waals surface area contributed by atoms with E-state index in [4.69, 9.17) is 0 Å². The van der Waals surface area contributed by atoms with Gasteiger partial charge < -0.3 is 0 Å². The van der Waals surface area contributed by atoms with E-state index in [-0.39, 0.29) is 22.8 Å². The van der Waals surface area contributed by atoms with Crippen molar-refractivity contribution in [3.8, 4) is 0 Å². The molecule has 0 unspecified atom stereocenters. The average Bonchev–Trinajstić information content (AvgIpc) is 3.00. The number of carbonyl (C=O) groups excluding carboxylic acids is 1. The van der Waals surface area contributed by atoms with E-state index in [1.807, 2.05) is 0 Å². The van der Waals surface area contributed by atoms with Gasteiger partial charge in [0, 0.05) is 17.0 Å². The summed E-state index contributed by atoms with van der Waals surface area (Å²) in [6.07, 6.45) is -0.874. The van der Waals surface area contributed by atoms with Gasteiger partial charge in [-0.3, -0.25) is 4.79 Å². The van der Waals surface area contributed by atoms with Crippen LogP contribution in [0.25, 0.3) is 0 Å². The molecular formula is C11H10F2O. The second kappa shape index (κ2) is 3.48. The van der Waals surface area contributed by atoms with E-state index in [2.05, 4.69) is 0 Å². The van der Waals surface area contributed by atoms with Crippen LogP contribution in [0.1, 0.15) is 35.2 Å². The van der Waals surface area contributed by atoms with Crippen molar-refractivity contribution in [1.29, 1.82) is 0 Å². The zero-order valence-electron chi connectivity index (χ0n) is 7.54. The summed E-state index contributed by atoms with van der Waals surface area (Å²) in [4.78, 5) is 11.6. The minimum absolute atomic E-state index is 0.00472. The van der Waals surface area contributed by atoms with E-state index in [0.717, 1.165) is 12.8 Å². The van der Waals surface area contributed by atoms with Gasteiger partial charge in [-0.2, -0.15) is 0 Å². The standard InChI is InChI=1S/C11H10F2O/c12-11(13)9-4-2-1-3-8(9)10(14)7-5-6-7/h1-4,7,11H,5-6H2. The van der Waals surface area contributed by atoms with Crippen molar-refractivity contribution >= 4 is 5.78 Å². The van der Waals surface area contributed by atoms with Crippen molar-refractivity contribution < 1.29 is 13.6 Å². The van der Waals surface area contributed by atoms with Crippen LogP contribution in [-0.2, 0) is 0 Å². The number of rotatable bonds is 3. The molecule has 1 aromatic rings. The number of benzene rings is 1. The van der Waals surface area contributed by atoms with E-state index in [1.165, 1.54) is 18.2 Å². The van der Waals surface area contributed by atoms with Crippen LogP contribution in [0.5, 0.6) is 0 Å². The van der Waals surface area contributed by atoms with Gasteiger partial charge in [-0.25, -0.2) is 8.78 Å². The molecule has 1 aliphatic rings. The maximum Gasteiger partial charge on any atom is 0.264 e. The van der Waals surface area contributed by atoms with Gasteiger partial charge in [0.15, 0.2) is 5.78 Å². The lowest BCUT2D eigenvalue weighted by Crippen LogP contribution is -2.05. The Bertz CT molecular complexity index is 356. The highest BCUT2D eigenvalue weighted by Crippen LogP contribution is 2.35. The fraction of sp³-hybridized carbons (Fsp3) is 0.364. The largest absolute Gasteiger partial charge is 0.294 e. The molecule has 0 aromatic heterocycles. The molecule has 2 rings (SSSR count). The Kier molecular flexibility index (Phi) is 2.32. The third-order valence-corrected chi connectivity index (χ3v) is 2.41. The highest BCUT2D eigenvalue weighted by atomic mass is 19.3. The zero-order chi connectivity index (χ0) is 10.1. The van der Waals surface area contributed by atoms with Crippen molar-refractivity contribution in [2.75, 3.05) is 0 Å². The monoisotopic (exact) mass is 196 g/mol. The molecule has 0 N–H and O–H groups in total. The molecule has 14 heavy (non-hydrogen) atoms. The van der Waals surface area contributed by atoms with E-state index >= 15 is 0 Å². The third kappa shape index (κ3) is 1.67. The van der Waals surface area contributed by atoms with E-state index in [9.17, 15) is 13.6 Å². The Morgan fingerprint density at radius 3 is 2.50 bits per heavy atom. The Labute approximate surface area is 80.7 Å². The number of Topliss-reactive ketones (excluding diaryl/α,β-unsaturated/α-hetero) is 1. The molecule has 1 saturated carbocycles. The summed E-state index contributed by atoms with van der Waals surface area (Å²) in [7, 11) is 0. The smallest absolute Gasteiger partial charge is 0.264 e. The van der Waals surface area contributed by atoms with Gasteiger partial charge in [0.1, 0.15) is 0 Å². The second-order valence-corrected chi connectivity index (χ2v) is 3.53. The van der Waals surface area contributed by atoms with Crippen molar-refractivity contribution in [2.45, 2.75) is 19.3 Å². The number of carbonyl (C=O) groups is 1. The molecule has 1 aliphatic carbocycles. The third-order valence-electron chi connectivity index (χ3n) is 2.41. The summed E-state index contributed by atoms with van der Waals surface area (Å²) in [5, 5.41) is 0. The molecule has 3 heteroatoms. The van der Waals surface area contributed by atoms with Gasteiger partial charge in [0.25, 0.3) is 6.43 Å². The van der Waals surface area contributed by atoms with Crippen molar-refractivity contribution in [2.24, 2.45) is 5.92 Å². The van der Waals surface area contributed by atoms with E-state index in [0.29, 0.717) is 0 Å². The number of alkyl halides is 2. The average molecular weight is 196 g/mol. The van der Waals surface area contributed by atoms with Crippen LogP contribution in [-0.4, -0.2) is 5.78 Å². The van der Waals surface area contributed by atoms with Gasteiger partial charge in [0.2, 0.25) is 0 Å². The molecule has 1 aromatic carbocycles. The highest BCUT2D eigenvalue weighted by molar-refractivity contribution is 6.00. The summed E-state index contributed by atoms with van der Waals surface area (Å²) in [5.74, 6) is -0.129. The van der Waals surface area contributed by atoms with E-state index in [1.54, 1.807) is 6.07 Å². The van der Waals surface area contributed by atoms with Gasteiger partial charge in [-0.05, 0) is 12.8 Å². The van der Waals surface area contributed by atoms with Crippen LogP contribution < -0.4 is 0 Å². The molecule has 1 fully saturated rings. The summed E-state index contributed by atoms with van der Waals surface area (Å²) in [6, 6.07) is 5.97. The Morgan fingerprint density at radius 1 is 1.29 bits per heavy atom. The summed E-state index contributed by atoms with van der Waals surface area (Å²) in [5.41, 5.74) is 0.0643. The van der Waals surface area contributed by atoms with Crippen LogP contribution in [0.15, 0.2) is 24.3 Å². The fourth-order valence-corrected chi connectivity index (χ4v) is 1.48. The molecule has 0 aliphatic heterocycles. The lowest BCUT2D eigenvalue weighted by Gasteiger charge is -2.06. The van der Waals surface area contributed by atoms with Gasteiger partial charge in [-0.1, -0.05) is 24.3 Å². The maximum absolute atomic E-state index is 12.5. The minimum Gasteiger partial charge on any atom is -0.294 e. The van der Waals surface area contributed by atoms with E-state index < -0.39 is 6.43 Å². The van der Waals surface area contributed by atoms with Crippen molar-refractivity contribution in [3.05, 3.63) is 35.4 Å². The van der Waals surface area contributed by atoms with Crippen LogP contribution in [0.3, 0.4) is 0 Å². The highest BCUT2D eigenvalue weighted by Gasteiger charge is 2.32. The minimum atomic E-state index is -2.56. The van der Waals surface area contributed by atoms with Crippen molar-refractivity contribution in [1.82, 2.24) is 0 Å². The quantitative estimate of drug-likeness (QED) is 0.678. The molecule has 0 radical (unpaired) electrons. The van der Waals surface area contributed by atoms with Crippen LogP contribution in [0.2, 0.25) is 0 Å². The molecule has 0 spiro atoms. The normalized spacial score (nSPS) is 15.9. The number of hydrogen-bond acceptors (Lipinski definition) is 1. The fourth-order valence-electron chi connectivity index (χ4n) is 1.48. The second-order valence-electron chi connectivity index (χ2n) is 3.53. The Hall–Kier alpha value is -1.25. The van der Waals surface area contributed by atoms with Gasteiger partial charge in [-0.15, -0.1) is 0 Å². The molecular weight excluding hydrogens is 186 g/mol. The first-order chi connectivity index (χ1) is 6.70. The summed E-state index contributed by atoms with van der Waals surface area (Å²) < 4.78 is 25.0. The first-order valence-electron chi connectivity index (χ1n) is 4.61. The van der Waals surface area contributed by atoms with Gasteiger partial charge in [0.05, 0.1) is 0 Å². The lowest BCUT2D eigenvalue weighted by molar-refractivity contribution is 0.0954. The molecule has 0 bridgehead atoms. The first-order valence-corrected chi connectivity index (χ1v) is 4.61. The zero-order valence-corrected chi connectivity index (χ0v) is 7.54. The summed E-state index contributed by atoms with van der Waals surface area (Å²) >= 11 is 0. The Balaban J connectivity index is 2.35. The lowest BCUT2D eigenvalue weighted by atomic mass is 10.0. The predicted octanol–water partition coefficient (Wildman–Crippen LogP) is 3.22. The predicted molar refractivity (Wildman–Crippen MR) is 48.5 cm³/mol. The molecule has 0 atom stereocenters. The van der Waals surface area contributed by atoms with Crippen LogP contribution in [0.4, 0.5) is 8.78 Å². The van der Waals surface area contributed by atoms with Crippen LogP contribution >= 0.6 is 0 Å². The van der Waals surface area contributed by atoms with Gasteiger partial charge >= 0.3 is 0 Å². The maximum atomic E-state index is 12.5. The molecule has 0 amide bonds. The van der Waals surface area contributed by atoms with Crippen molar-refractivity contribution in [3.63, 3.8) is 0 Å². The topological polar surface area (TPSA) is 17.1 Å². The number of hydrogen-bond donors (Lipinski definition) is 0. The molecule has 74 valence electrons. The molecule has 1 nitrogen and oxygen atoms in total. The Morgan fingerprint density at radius 2 is 1.93 bits per heavy atom. The van der Waals surface area contributed by atoms with Crippen LogP contribution in [0, 0.1) is 5.92 Å². The number of halogens is 2. The SMILES string of the molecule is O=C(c1ccccc1C(F)F)C1CC1. The molecule has 0 saturated heterocycles. The first kappa shape index (κ1) is 9.31. The molecule has 0 heterocycles. The summed E-state index contributed by atoms with van der Waals surface area (Å²) in [6.45, 7) is 0.